The van der Waals surface area contributed by atoms with E-state index in [-0.39, 0.29) is 6.04 Å². The number of carboxylic acid groups (broad SMARTS) is 1. The van der Waals surface area contributed by atoms with Gasteiger partial charge in [-0.25, -0.2) is 0 Å². The van der Waals surface area contributed by atoms with Crippen molar-refractivity contribution < 1.29 is 14.6 Å². The predicted molar refractivity (Wildman–Crippen MR) is 72.4 cm³/mol. The molecule has 0 aliphatic rings. The molecule has 0 bridgehead atoms. The summed E-state index contributed by atoms with van der Waals surface area (Å²) in [4.78, 5) is 11.4. The van der Waals surface area contributed by atoms with Crippen LogP contribution in [0, 0.1) is 0 Å². The zero-order valence-electron chi connectivity index (χ0n) is 12.0. The lowest BCUT2D eigenvalue weighted by atomic mass is 9.93. The van der Waals surface area contributed by atoms with E-state index in [0.29, 0.717) is 25.3 Å². The van der Waals surface area contributed by atoms with Crippen molar-refractivity contribution in [2.24, 2.45) is 0 Å². The topological polar surface area (TPSA) is 76.4 Å². The van der Waals surface area contributed by atoms with Gasteiger partial charge in [0.1, 0.15) is 5.54 Å². The maximum Gasteiger partial charge on any atom is 0.323 e. The molecule has 0 aliphatic carbocycles. The second-order valence-corrected chi connectivity index (χ2v) is 4.81. The summed E-state index contributed by atoms with van der Waals surface area (Å²) >= 11 is 0. The van der Waals surface area contributed by atoms with E-state index >= 15 is 0 Å². The Bertz CT molecular complexity index is 419. The van der Waals surface area contributed by atoms with Gasteiger partial charge in [-0.15, -0.1) is 0 Å². The summed E-state index contributed by atoms with van der Waals surface area (Å²) in [7, 11) is 0. The largest absolute Gasteiger partial charge is 0.491 e. The lowest BCUT2D eigenvalue weighted by molar-refractivity contribution is -0.144. The third-order valence-electron chi connectivity index (χ3n) is 3.08. The van der Waals surface area contributed by atoms with Gasteiger partial charge in [-0.3, -0.25) is 9.48 Å². The molecule has 0 saturated carbocycles. The molecule has 6 heteroatoms. The number of aromatic nitrogens is 2. The van der Waals surface area contributed by atoms with E-state index in [9.17, 15) is 9.90 Å². The highest BCUT2D eigenvalue weighted by Crippen LogP contribution is 2.22. The molecule has 2 atom stereocenters. The molecule has 0 fully saturated rings. The highest BCUT2D eigenvalue weighted by molar-refractivity contribution is 5.78. The molecule has 108 valence electrons. The van der Waals surface area contributed by atoms with Crippen LogP contribution in [0.1, 0.15) is 40.2 Å². The van der Waals surface area contributed by atoms with Gasteiger partial charge in [0, 0.05) is 0 Å². The van der Waals surface area contributed by atoms with Crippen LogP contribution in [0.15, 0.2) is 12.4 Å². The number of carboxylic acids is 1. The van der Waals surface area contributed by atoms with E-state index in [4.69, 9.17) is 4.74 Å². The Hall–Kier alpha value is -1.56. The quantitative estimate of drug-likeness (QED) is 0.751. The first kappa shape index (κ1) is 15.5. The SMILES string of the molecule is CCNC(C)(CC(C)n1cc(OCC)cn1)C(=O)O. The number of nitrogens with zero attached hydrogens (tertiary/aromatic N) is 2. The van der Waals surface area contributed by atoms with Crippen LogP contribution in [0.25, 0.3) is 0 Å². The van der Waals surface area contributed by atoms with E-state index in [1.165, 1.54) is 0 Å². The average Bonchev–Trinajstić information content (AvgIpc) is 2.78. The Morgan fingerprint density at radius 3 is 2.84 bits per heavy atom. The minimum absolute atomic E-state index is 0.0330. The molecule has 1 heterocycles. The maximum absolute atomic E-state index is 11.4. The Labute approximate surface area is 113 Å². The molecule has 1 aromatic rings. The van der Waals surface area contributed by atoms with E-state index < -0.39 is 11.5 Å². The normalized spacial score (nSPS) is 15.8. The van der Waals surface area contributed by atoms with Gasteiger partial charge >= 0.3 is 5.97 Å². The lowest BCUT2D eigenvalue weighted by Gasteiger charge is -2.28. The summed E-state index contributed by atoms with van der Waals surface area (Å²) in [5, 5.41) is 16.6. The molecule has 0 aliphatic heterocycles. The van der Waals surface area contributed by atoms with Gasteiger partial charge in [-0.05, 0) is 33.7 Å². The molecule has 2 N–H and O–H groups in total. The summed E-state index contributed by atoms with van der Waals surface area (Å²) in [5.41, 5.74) is -0.952. The van der Waals surface area contributed by atoms with Gasteiger partial charge in [-0.1, -0.05) is 6.92 Å². The zero-order valence-corrected chi connectivity index (χ0v) is 12.0. The molecule has 19 heavy (non-hydrogen) atoms. The average molecular weight is 269 g/mol. The molecule has 6 nitrogen and oxygen atoms in total. The van der Waals surface area contributed by atoms with Gasteiger partial charge in [0.15, 0.2) is 5.75 Å². The summed E-state index contributed by atoms with van der Waals surface area (Å²) in [6.07, 6.45) is 3.89. The maximum atomic E-state index is 11.4. The van der Waals surface area contributed by atoms with E-state index in [2.05, 4.69) is 10.4 Å². The summed E-state index contributed by atoms with van der Waals surface area (Å²) < 4.78 is 7.09. The van der Waals surface area contributed by atoms with E-state index in [0.717, 1.165) is 0 Å². The minimum Gasteiger partial charge on any atom is -0.491 e. The molecule has 1 rings (SSSR count). The highest BCUT2D eigenvalue weighted by atomic mass is 16.5. The molecule has 0 radical (unpaired) electrons. The summed E-state index contributed by atoms with van der Waals surface area (Å²) in [6, 6.07) is -0.0330. The van der Waals surface area contributed by atoms with Crippen LogP contribution in [0.5, 0.6) is 5.75 Å². The van der Waals surface area contributed by atoms with Crippen LogP contribution in [0.2, 0.25) is 0 Å². The van der Waals surface area contributed by atoms with Gasteiger partial charge in [-0.2, -0.15) is 5.10 Å². The van der Waals surface area contributed by atoms with Gasteiger partial charge in [0.05, 0.1) is 25.0 Å². The van der Waals surface area contributed by atoms with Crippen molar-refractivity contribution in [3.8, 4) is 5.75 Å². The van der Waals surface area contributed by atoms with Crippen LogP contribution in [0.3, 0.4) is 0 Å². The smallest absolute Gasteiger partial charge is 0.323 e. The van der Waals surface area contributed by atoms with E-state index in [1.807, 2.05) is 20.8 Å². The number of hydrogen-bond donors (Lipinski definition) is 2. The Balaban J connectivity index is 2.75. The van der Waals surface area contributed by atoms with Crippen LogP contribution >= 0.6 is 0 Å². The fourth-order valence-electron chi connectivity index (χ4n) is 2.11. The van der Waals surface area contributed by atoms with Crippen molar-refractivity contribution in [3.05, 3.63) is 12.4 Å². The molecule has 0 amide bonds. The standard InChI is InChI=1S/C13H23N3O3/c1-5-14-13(4,12(17)18)7-10(3)16-9-11(8-15-16)19-6-2/h8-10,14H,5-7H2,1-4H3,(H,17,18). The predicted octanol–water partition coefficient (Wildman–Crippen LogP) is 1.69. The van der Waals surface area contributed by atoms with Crippen molar-refractivity contribution >= 4 is 5.97 Å². The molecule has 0 aromatic carbocycles. The van der Waals surface area contributed by atoms with Crippen molar-refractivity contribution in [2.45, 2.75) is 45.7 Å². The van der Waals surface area contributed by atoms with Crippen molar-refractivity contribution in [1.82, 2.24) is 15.1 Å². The number of ether oxygens (including phenoxy) is 1. The highest BCUT2D eigenvalue weighted by Gasteiger charge is 2.34. The third kappa shape index (κ3) is 3.96. The van der Waals surface area contributed by atoms with Crippen LogP contribution in [-0.4, -0.2) is 39.5 Å². The fraction of sp³-hybridized carbons (Fsp3) is 0.692. The van der Waals surface area contributed by atoms with Gasteiger partial charge in [0.25, 0.3) is 0 Å². The minimum atomic E-state index is -0.952. The van der Waals surface area contributed by atoms with Crippen LogP contribution in [0.4, 0.5) is 0 Å². The fourth-order valence-corrected chi connectivity index (χ4v) is 2.11. The zero-order chi connectivity index (χ0) is 14.5. The molecular formula is C13H23N3O3. The molecular weight excluding hydrogens is 246 g/mol. The van der Waals surface area contributed by atoms with Gasteiger partial charge < -0.3 is 15.2 Å². The van der Waals surface area contributed by atoms with Gasteiger partial charge in [0.2, 0.25) is 0 Å². The second kappa shape index (κ2) is 6.56. The lowest BCUT2D eigenvalue weighted by Crippen LogP contribution is -2.50. The number of aliphatic carboxylic acids is 1. The first-order chi connectivity index (χ1) is 8.92. The summed E-state index contributed by atoms with van der Waals surface area (Å²) in [5.74, 6) is -0.145. The molecule has 0 spiro atoms. The first-order valence-corrected chi connectivity index (χ1v) is 6.58. The Morgan fingerprint density at radius 1 is 1.63 bits per heavy atom. The monoisotopic (exact) mass is 269 g/mol. The Morgan fingerprint density at radius 2 is 2.32 bits per heavy atom. The summed E-state index contributed by atoms with van der Waals surface area (Å²) in [6.45, 7) is 8.65. The molecule has 1 aromatic heterocycles. The van der Waals surface area contributed by atoms with Crippen molar-refractivity contribution in [2.75, 3.05) is 13.2 Å². The number of nitrogens with one attached hydrogen (secondary N) is 1. The number of hydrogen-bond acceptors (Lipinski definition) is 4. The third-order valence-corrected chi connectivity index (χ3v) is 3.08. The van der Waals surface area contributed by atoms with Crippen LogP contribution in [-0.2, 0) is 4.79 Å². The van der Waals surface area contributed by atoms with Crippen molar-refractivity contribution in [3.63, 3.8) is 0 Å². The number of carbonyl (C=O) groups is 1. The number of rotatable bonds is 8. The van der Waals surface area contributed by atoms with Crippen LogP contribution < -0.4 is 10.1 Å². The second-order valence-electron chi connectivity index (χ2n) is 4.81. The first-order valence-electron chi connectivity index (χ1n) is 6.58. The Kier molecular flexibility index (Phi) is 5.35. The molecule has 0 saturated heterocycles. The molecule has 2 unspecified atom stereocenters. The number of likely N-dealkylation sites (N-methyl/N-ethyl adjacent to an activating group) is 1. The van der Waals surface area contributed by atoms with Crippen molar-refractivity contribution in [1.29, 1.82) is 0 Å². The van der Waals surface area contributed by atoms with E-state index in [1.54, 1.807) is 24.0 Å².